The molecular weight excluding hydrogens is 267 g/mol. The van der Waals surface area contributed by atoms with Gasteiger partial charge in [-0.05, 0) is 63.5 Å². The molecule has 1 fully saturated rings. The van der Waals surface area contributed by atoms with Crippen LogP contribution >= 0.6 is 0 Å². The fourth-order valence-corrected chi connectivity index (χ4v) is 2.82. The van der Waals surface area contributed by atoms with E-state index in [0.29, 0.717) is 12.6 Å². The summed E-state index contributed by atoms with van der Waals surface area (Å²) in [4.78, 5) is 2.52. The molecule has 0 aliphatic carbocycles. The van der Waals surface area contributed by atoms with Crippen LogP contribution in [0.1, 0.15) is 24.8 Å². The highest BCUT2D eigenvalue weighted by Gasteiger charge is 2.16. The summed E-state index contributed by atoms with van der Waals surface area (Å²) < 4.78 is 18.7. The van der Waals surface area contributed by atoms with Crippen LogP contribution in [0.15, 0.2) is 24.3 Å². The van der Waals surface area contributed by atoms with Gasteiger partial charge in [-0.2, -0.15) is 0 Å². The Labute approximate surface area is 127 Å². The van der Waals surface area contributed by atoms with E-state index in [4.69, 9.17) is 4.74 Å². The molecule has 118 valence electrons. The normalized spacial score (nSPS) is 17.2. The molecular formula is C17H27FN2O. The maximum absolute atomic E-state index is 13.0. The monoisotopic (exact) mass is 294 g/mol. The van der Waals surface area contributed by atoms with E-state index in [2.05, 4.69) is 10.2 Å². The number of nitrogens with zero attached hydrogens (tertiary/aromatic N) is 1. The highest BCUT2D eigenvalue weighted by atomic mass is 19.1. The maximum Gasteiger partial charge on any atom is 0.123 e. The second-order valence-corrected chi connectivity index (χ2v) is 5.75. The molecule has 2 rings (SSSR count). The smallest absolute Gasteiger partial charge is 0.123 e. The van der Waals surface area contributed by atoms with E-state index < -0.39 is 0 Å². The van der Waals surface area contributed by atoms with Gasteiger partial charge in [0.1, 0.15) is 5.82 Å². The van der Waals surface area contributed by atoms with E-state index in [0.717, 1.165) is 31.6 Å². The van der Waals surface area contributed by atoms with Crippen LogP contribution in [0.5, 0.6) is 0 Å². The first kappa shape index (κ1) is 16.4. The first-order valence-corrected chi connectivity index (χ1v) is 8.00. The maximum atomic E-state index is 13.0. The Kier molecular flexibility index (Phi) is 7.13. The molecule has 21 heavy (non-hydrogen) atoms. The molecule has 0 spiro atoms. The number of benzene rings is 1. The molecule has 0 aromatic heterocycles. The molecule has 1 aliphatic heterocycles. The largest absolute Gasteiger partial charge is 0.381 e. The van der Waals surface area contributed by atoms with E-state index in [-0.39, 0.29) is 5.82 Å². The second-order valence-electron chi connectivity index (χ2n) is 5.75. The van der Waals surface area contributed by atoms with Crippen molar-refractivity contribution in [3.05, 3.63) is 35.6 Å². The second kappa shape index (κ2) is 9.13. The van der Waals surface area contributed by atoms with Gasteiger partial charge >= 0.3 is 0 Å². The number of halogens is 1. The Bertz CT molecular complexity index is 406. The number of rotatable bonds is 8. The highest BCUT2D eigenvalue weighted by Crippen LogP contribution is 2.10. The Balaban J connectivity index is 1.49. The fraction of sp³-hybridized carbons (Fsp3) is 0.647. The third-order valence-corrected chi connectivity index (χ3v) is 4.18. The van der Waals surface area contributed by atoms with Crippen molar-refractivity contribution in [2.75, 3.05) is 39.9 Å². The summed E-state index contributed by atoms with van der Waals surface area (Å²) in [5.41, 5.74) is 1.00. The average molecular weight is 294 g/mol. The fourth-order valence-electron chi connectivity index (χ4n) is 2.82. The Morgan fingerprint density at radius 3 is 2.81 bits per heavy atom. The van der Waals surface area contributed by atoms with E-state index in [1.54, 1.807) is 12.1 Å². The van der Waals surface area contributed by atoms with E-state index in [9.17, 15) is 4.39 Å². The SMILES string of the molecule is CNC1CCN(CCCOCCc2cccc(F)c2)CC1. The van der Waals surface area contributed by atoms with Gasteiger partial charge < -0.3 is 15.0 Å². The van der Waals surface area contributed by atoms with Crippen molar-refractivity contribution in [2.24, 2.45) is 0 Å². The molecule has 1 aromatic carbocycles. The molecule has 3 nitrogen and oxygen atoms in total. The zero-order valence-corrected chi connectivity index (χ0v) is 13.0. The molecule has 1 aromatic rings. The molecule has 0 atom stereocenters. The summed E-state index contributed by atoms with van der Waals surface area (Å²) in [6.07, 6.45) is 4.35. The van der Waals surface area contributed by atoms with Crippen LogP contribution in [0.2, 0.25) is 0 Å². The minimum atomic E-state index is -0.169. The topological polar surface area (TPSA) is 24.5 Å². The standard InChI is InChI=1S/C17H27FN2O/c1-19-17-6-10-20(11-7-17)9-3-12-21-13-8-15-4-2-5-16(18)14-15/h2,4-5,14,17,19H,3,6-13H2,1H3. The van der Waals surface area contributed by atoms with Crippen LogP contribution in [0.25, 0.3) is 0 Å². The minimum absolute atomic E-state index is 0.169. The van der Waals surface area contributed by atoms with Crippen molar-refractivity contribution in [2.45, 2.75) is 31.7 Å². The van der Waals surface area contributed by atoms with Gasteiger partial charge in [-0.25, -0.2) is 4.39 Å². The molecule has 0 radical (unpaired) electrons. The number of hydrogen-bond acceptors (Lipinski definition) is 3. The Hall–Kier alpha value is -0.970. The summed E-state index contributed by atoms with van der Waals surface area (Å²) in [6.45, 7) is 4.96. The van der Waals surface area contributed by atoms with Crippen LogP contribution in [-0.2, 0) is 11.2 Å². The van der Waals surface area contributed by atoms with Crippen LogP contribution in [-0.4, -0.2) is 50.8 Å². The van der Waals surface area contributed by atoms with Gasteiger partial charge in [0.05, 0.1) is 6.61 Å². The molecule has 1 saturated heterocycles. The van der Waals surface area contributed by atoms with Crippen molar-refractivity contribution in [1.82, 2.24) is 10.2 Å². The molecule has 1 heterocycles. The summed E-state index contributed by atoms with van der Waals surface area (Å²) in [5.74, 6) is -0.169. The molecule has 1 N–H and O–H groups in total. The minimum Gasteiger partial charge on any atom is -0.381 e. The Morgan fingerprint density at radius 1 is 1.29 bits per heavy atom. The lowest BCUT2D eigenvalue weighted by Crippen LogP contribution is -2.41. The van der Waals surface area contributed by atoms with Gasteiger partial charge in [-0.3, -0.25) is 0 Å². The molecule has 4 heteroatoms. The van der Waals surface area contributed by atoms with Gasteiger partial charge in [0, 0.05) is 19.2 Å². The lowest BCUT2D eigenvalue weighted by Gasteiger charge is -2.31. The van der Waals surface area contributed by atoms with Gasteiger partial charge in [0.25, 0.3) is 0 Å². The number of likely N-dealkylation sites (tertiary alicyclic amines) is 1. The predicted octanol–water partition coefficient (Wildman–Crippen LogP) is 2.46. The highest BCUT2D eigenvalue weighted by molar-refractivity contribution is 5.16. The van der Waals surface area contributed by atoms with Gasteiger partial charge in [-0.1, -0.05) is 12.1 Å². The van der Waals surface area contributed by atoms with E-state index in [1.807, 2.05) is 13.1 Å². The van der Waals surface area contributed by atoms with Crippen LogP contribution in [0.4, 0.5) is 4.39 Å². The summed E-state index contributed by atoms with van der Waals surface area (Å²) >= 11 is 0. The van der Waals surface area contributed by atoms with E-state index >= 15 is 0 Å². The Morgan fingerprint density at radius 2 is 2.10 bits per heavy atom. The van der Waals surface area contributed by atoms with Crippen molar-refractivity contribution in [3.63, 3.8) is 0 Å². The van der Waals surface area contributed by atoms with Gasteiger partial charge in [0.2, 0.25) is 0 Å². The molecule has 0 amide bonds. The quantitative estimate of drug-likeness (QED) is 0.745. The third-order valence-electron chi connectivity index (χ3n) is 4.18. The predicted molar refractivity (Wildman–Crippen MR) is 84.1 cm³/mol. The average Bonchev–Trinajstić information content (AvgIpc) is 2.51. The number of ether oxygens (including phenoxy) is 1. The lowest BCUT2D eigenvalue weighted by molar-refractivity contribution is 0.116. The summed E-state index contributed by atoms with van der Waals surface area (Å²) in [5, 5.41) is 3.35. The van der Waals surface area contributed by atoms with Crippen LogP contribution < -0.4 is 5.32 Å². The molecule has 0 unspecified atom stereocenters. The number of piperidine rings is 1. The van der Waals surface area contributed by atoms with Crippen molar-refractivity contribution >= 4 is 0 Å². The molecule has 1 aliphatic rings. The van der Waals surface area contributed by atoms with Gasteiger partial charge in [0.15, 0.2) is 0 Å². The van der Waals surface area contributed by atoms with E-state index in [1.165, 1.54) is 32.0 Å². The molecule has 0 saturated carbocycles. The summed E-state index contributed by atoms with van der Waals surface area (Å²) in [6, 6.07) is 7.44. The zero-order chi connectivity index (χ0) is 14.9. The number of nitrogens with one attached hydrogen (secondary N) is 1. The third kappa shape index (κ3) is 6.12. The van der Waals surface area contributed by atoms with Gasteiger partial charge in [-0.15, -0.1) is 0 Å². The van der Waals surface area contributed by atoms with Crippen molar-refractivity contribution in [1.29, 1.82) is 0 Å². The first-order chi connectivity index (χ1) is 10.3. The lowest BCUT2D eigenvalue weighted by atomic mass is 10.1. The summed E-state index contributed by atoms with van der Waals surface area (Å²) in [7, 11) is 2.05. The number of hydrogen-bond donors (Lipinski definition) is 1. The van der Waals surface area contributed by atoms with Crippen LogP contribution in [0, 0.1) is 5.82 Å². The molecule has 0 bridgehead atoms. The van der Waals surface area contributed by atoms with Crippen molar-refractivity contribution < 1.29 is 9.13 Å². The first-order valence-electron chi connectivity index (χ1n) is 8.00. The van der Waals surface area contributed by atoms with Crippen LogP contribution in [0.3, 0.4) is 0 Å². The zero-order valence-electron chi connectivity index (χ0n) is 13.0. The van der Waals surface area contributed by atoms with Crippen molar-refractivity contribution in [3.8, 4) is 0 Å².